The SMILES string of the molecule is COC(=O)c1cc(OC)c(O)c(O)c1-c1c(C(=O)OC)cc(OC)c(O)c1O. The zero-order chi connectivity index (χ0) is 21.2. The maximum Gasteiger partial charge on any atom is 0.338 e. The van der Waals surface area contributed by atoms with Crippen molar-refractivity contribution in [2.75, 3.05) is 28.4 Å². The number of hydrogen-bond donors (Lipinski definition) is 4. The van der Waals surface area contributed by atoms with Crippen LogP contribution in [0.2, 0.25) is 0 Å². The van der Waals surface area contributed by atoms with Gasteiger partial charge in [-0.05, 0) is 12.1 Å². The first-order chi connectivity index (χ1) is 13.2. The Hall–Kier alpha value is -3.82. The third kappa shape index (κ3) is 3.15. The molecule has 0 aliphatic heterocycles. The summed E-state index contributed by atoms with van der Waals surface area (Å²) < 4.78 is 19.1. The van der Waals surface area contributed by atoms with Crippen LogP contribution in [0.3, 0.4) is 0 Å². The summed E-state index contributed by atoms with van der Waals surface area (Å²) in [6, 6.07) is 2.08. The van der Waals surface area contributed by atoms with Gasteiger partial charge >= 0.3 is 11.9 Å². The number of rotatable bonds is 5. The molecule has 0 atom stereocenters. The van der Waals surface area contributed by atoms with Gasteiger partial charge in [-0.15, -0.1) is 0 Å². The highest BCUT2D eigenvalue weighted by molar-refractivity contribution is 6.08. The van der Waals surface area contributed by atoms with Crippen LogP contribution in [0.25, 0.3) is 11.1 Å². The molecule has 2 aromatic rings. The second-order valence-electron chi connectivity index (χ2n) is 5.38. The third-order valence-electron chi connectivity index (χ3n) is 3.98. The molecular formula is C18H18O10. The fourth-order valence-corrected chi connectivity index (χ4v) is 2.63. The molecule has 10 nitrogen and oxygen atoms in total. The third-order valence-corrected chi connectivity index (χ3v) is 3.98. The number of esters is 2. The molecule has 28 heavy (non-hydrogen) atoms. The Labute approximate surface area is 159 Å². The first-order valence-corrected chi connectivity index (χ1v) is 7.66. The molecule has 0 fully saturated rings. The average molecular weight is 394 g/mol. The number of phenols is 4. The Balaban J connectivity index is 3.06. The van der Waals surface area contributed by atoms with Crippen molar-refractivity contribution in [2.24, 2.45) is 0 Å². The molecule has 0 aromatic heterocycles. The van der Waals surface area contributed by atoms with Gasteiger partial charge in [-0.3, -0.25) is 0 Å². The molecule has 10 heteroatoms. The molecule has 0 aliphatic carbocycles. The number of aromatic hydroxyl groups is 4. The zero-order valence-corrected chi connectivity index (χ0v) is 15.4. The normalized spacial score (nSPS) is 10.3. The molecule has 0 saturated carbocycles. The monoisotopic (exact) mass is 394 g/mol. The van der Waals surface area contributed by atoms with Gasteiger partial charge in [0.25, 0.3) is 0 Å². The first kappa shape index (κ1) is 20.5. The highest BCUT2D eigenvalue weighted by Crippen LogP contribution is 2.52. The minimum atomic E-state index is -0.978. The molecule has 2 rings (SSSR count). The standard InChI is InChI=1S/C18H18O10/c1-25-9-5-7(17(23)27-3)11(15(21)13(9)19)12-8(18(24)28-4)6-10(26-2)14(20)16(12)22/h5-6,19-22H,1-4H3. The van der Waals surface area contributed by atoms with Crippen LogP contribution in [-0.4, -0.2) is 60.8 Å². The highest BCUT2D eigenvalue weighted by atomic mass is 16.5. The molecule has 0 saturated heterocycles. The van der Waals surface area contributed by atoms with E-state index in [-0.39, 0.29) is 22.6 Å². The van der Waals surface area contributed by atoms with Gasteiger partial charge in [-0.1, -0.05) is 0 Å². The van der Waals surface area contributed by atoms with Crippen LogP contribution in [0.4, 0.5) is 0 Å². The van der Waals surface area contributed by atoms with Crippen molar-refractivity contribution in [2.45, 2.75) is 0 Å². The Morgan fingerprint density at radius 1 is 0.643 bits per heavy atom. The van der Waals surface area contributed by atoms with E-state index in [1.54, 1.807) is 0 Å². The Bertz CT molecular complexity index is 871. The van der Waals surface area contributed by atoms with E-state index in [1.165, 1.54) is 14.2 Å². The molecule has 0 amide bonds. The summed E-state index contributed by atoms with van der Waals surface area (Å²) in [5, 5.41) is 41.3. The molecule has 150 valence electrons. The Morgan fingerprint density at radius 3 is 1.21 bits per heavy atom. The quantitative estimate of drug-likeness (QED) is 0.436. The molecule has 0 spiro atoms. The molecule has 0 heterocycles. The van der Waals surface area contributed by atoms with E-state index >= 15 is 0 Å². The van der Waals surface area contributed by atoms with Gasteiger partial charge in [0, 0.05) is 11.1 Å². The van der Waals surface area contributed by atoms with Crippen LogP contribution in [0.15, 0.2) is 12.1 Å². The Morgan fingerprint density at radius 2 is 0.964 bits per heavy atom. The first-order valence-electron chi connectivity index (χ1n) is 7.66. The smallest absolute Gasteiger partial charge is 0.338 e. The predicted molar refractivity (Wildman–Crippen MR) is 94.3 cm³/mol. The lowest BCUT2D eigenvalue weighted by Gasteiger charge is -2.19. The summed E-state index contributed by atoms with van der Waals surface area (Å²) in [5.74, 6) is -5.82. The summed E-state index contributed by atoms with van der Waals surface area (Å²) in [6.07, 6.45) is 0. The molecule has 4 N–H and O–H groups in total. The van der Waals surface area contributed by atoms with Gasteiger partial charge in [0.2, 0.25) is 11.5 Å². The number of carbonyl (C=O) groups is 2. The van der Waals surface area contributed by atoms with Crippen molar-refractivity contribution < 1.29 is 49.0 Å². The number of ether oxygens (including phenoxy) is 4. The second-order valence-corrected chi connectivity index (χ2v) is 5.38. The predicted octanol–water partition coefficient (Wildman–Crippen LogP) is 1.77. The molecule has 2 aromatic carbocycles. The summed E-state index contributed by atoms with van der Waals surface area (Å²) in [5.41, 5.74) is -1.69. The van der Waals surface area contributed by atoms with E-state index < -0.39 is 46.1 Å². The van der Waals surface area contributed by atoms with Gasteiger partial charge in [0.1, 0.15) is 0 Å². The van der Waals surface area contributed by atoms with E-state index in [0.717, 1.165) is 26.4 Å². The maximum atomic E-state index is 12.3. The van der Waals surface area contributed by atoms with Crippen LogP contribution in [0.5, 0.6) is 34.5 Å². The number of benzene rings is 2. The lowest BCUT2D eigenvalue weighted by atomic mass is 9.92. The van der Waals surface area contributed by atoms with Gasteiger partial charge in [-0.2, -0.15) is 0 Å². The van der Waals surface area contributed by atoms with Crippen LogP contribution < -0.4 is 9.47 Å². The van der Waals surface area contributed by atoms with Crippen molar-refractivity contribution in [3.05, 3.63) is 23.3 Å². The molecular weight excluding hydrogens is 376 g/mol. The van der Waals surface area contributed by atoms with Crippen molar-refractivity contribution in [1.82, 2.24) is 0 Å². The second kappa shape index (κ2) is 7.82. The van der Waals surface area contributed by atoms with E-state index in [9.17, 15) is 30.0 Å². The van der Waals surface area contributed by atoms with E-state index in [1.807, 2.05) is 0 Å². The van der Waals surface area contributed by atoms with Crippen molar-refractivity contribution in [1.29, 1.82) is 0 Å². The van der Waals surface area contributed by atoms with E-state index in [4.69, 9.17) is 9.47 Å². The summed E-state index contributed by atoms with van der Waals surface area (Å²) >= 11 is 0. The summed E-state index contributed by atoms with van der Waals surface area (Å²) in [7, 11) is 4.50. The van der Waals surface area contributed by atoms with Gasteiger partial charge < -0.3 is 39.4 Å². The minimum absolute atomic E-state index is 0.265. The topological polar surface area (TPSA) is 152 Å². The lowest BCUT2D eigenvalue weighted by Crippen LogP contribution is -2.09. The number of hydrogen-bond acceptors (Lipinski definition) is 10. The van der Waals surface area contributed by atoms with Crippen molar-refractivity contribution >= 4 is 11.9 Å². The highest BCUT2D eigenvalue weighted by Gasteiger charge is 2.32. The van der Waals surface area contributed by atoms with Crippen LogP contribution in [0, 0.1) is 0 Å². The van der Waals surface area contributed by atoms with Crippen LogP contribution >= 0.6 is 0 Å². The number of methoxy groups -OCH3 is 4. The zero-order valence-electron chi connectivity index (χ0n) is 15.4. The molecule has 0 unspecified atom stereocenters. The van der Waals surface area contributed by atoms with Crippen LogP contribution in [-0.2, 0) is 9.47 Å². The number of phenolic OH excluding ortho intramolecular Hbond substituents is 4. The molecule has 0 radical (unpaired) electrons. The summed E-state index contributed by atoms with van der Waals surface area (Å²) in [6.45, 7) is 0. The fraction of sp³-hybridized carbons (Fsp3) is 0.222. The van der Waals surface area contributed by atoms with E-state index in [0.29, 0.717) is 0 Å². The lowest BCUT2D eigenvalue weighted by molar-refractivity contribution is 0.0589. The Kier molecular flexibility index (Phi) is 5.73. The van der Waals surface area contributed by atoms with Gasteiger partial charge in [-0.25, -0.2) is 9.59 Å². The largest absolute Gasteiger partial charge is 0.504 e. The van der Waals surface area contributed by atoms with E-state index in [2.05, 4.69) is 9.47 Å². The minimum Gasteiger partial charge on any atom is -0.504 e. The van der Waals surface area contributed by atoms with Crippen molar-refractivity contribution in [3.8, 4) is 45.6 Å². The number of carbonyl (C=O) groups excluding carboxylic acids is 2. The average Bonchev–Trinajstić information content (AvgIpc) is 2.70. The van der Waals surface area contributed by atoms with Crippen LogP contribution in [0.1, 0.15) is 20.7 Å². The molecule has 0 aliphatic rings. The fourth-order valence-electron chi connectivity index (χ4n) is 2.63. The summed E-state index contributed by atoms with van der Waals surface area (Å²) in [4.78, 5) is 24.5. The van der Waals surface area contributed by atoms with Gasteiger partial charge in [0.05, 0.1) is 39.6 Å². The van der Waals surface area contributed by atoms with Gasteiger partial charge in [0.15, 0.2) is 23.0 Å². The maximum absolute atomic E-state index is 12.3. The van der Waals surface area contributed by atoms with Crippen molar-refractivity contribution in [3.63, 3.8) is 0 Å². The molecule has 0 bridgehead atoms.